The van der Waals surface area contributed by atoms with Gasteiger partial charge in [0.1, 0.15) is 5.22 Å². The first-order chi connectivity index (χ1) is 7.89. The summed E-state index contributed by atoms with van der Waals surface area (Å²) >= 11 is 0. The van der Waals surface area contributed by atoms with Crippen molar-refractivity contribution in [2.24, 2.45) is 0 Å². The molecule has 0 amide bonds. The molecule has 1 aliphatic rings. The molecule has 0 N–H and O–H groups in total. The summed E-state index contributed by atoms with van der Waals surface area (Å²) in [5.41, 5.74) is 0.322. The van der Waals surface area contributed by atoms with Crippen molar-refractivity contribution in [2.75, 3.05) is 20.3 Å². The first-order valence-corrected chi connectivity index (χ1v) is 8.27. The third kappa shape index (κ3) is 2.90. The van der Waals surface area contributed by atoms with Crippen molar-refractivity contribution in [3.63, 3.8) is 0 Å². The van der Waals surface area contributed by atoms with E-state index in [1.165, 1.54) is 0 Å². The van der Waals surface area contributed by atoms with Gasteiger partial charge in [-0.1, -0.05) is 13.8 Å². The third-order valence-corrected chi connectivity index (χ3v) is 7.99. The summed E-state index contributed by atoms with van der Waals surface area (Å²) in [5.74, 6) is 0. The molecule has 4 nitrogen and oxygen atoms in total. The van der Waals surface area contributed by atoms with Gasteiger partial charge in [-0.3, -0.25) is 0 Å². The molecule has 1 aliphatic heterocycles. The Hall–Kier alpha value is 0.0569. The fourth-order valence-corrected chi connectivity index (χ4v) is 6.39. The fourth-order valence-electron chi connectivity index (χ4n) is 2.51. The number of hydrogen-bond donors (Lipinski definition) is 0. The van der Waals surface area contributed by atoms with Gasteiger partial charge in [0.05, 0.1) is 6.61 Å². The molecule has 0 aromatic heterocycles. The van der Waals surface area contributed by atoms with E-state index in [1.54, 1.807) is 7.11 Å². The molecule has 5 heteroatoms. The van der Waals surface area contributed by atoms with E-state index < -0.39 is 13.8 Å². The average Bonchev–Trinajstić information content (AvgIpc) is 2.19. The van der Waals surface area contributed by atoms with Gasteiger partial charge in [0.2, 0.25) is 0 Å². The largest absolute Gasteiger partial charge is 0.396 e. The van der Waals surface area contributed by atoms with Crippen LogP contribution in [-0.2, 0) is 18.3 Å². The lowest BCUT2D eigenvalue weighted by molar-refractivity contribution is -0.248. The number of ether oxygens (including phenoxy) is 2. The molecular weight excluding hydrogens is 236 g/mol. The minimum atomic E-state index is -2.42. The molecule has 0 radical (unpaired) electrons. The van der Waals surface area contributed by atoms with Crippen LogP contribution < -0.4 is 0 Å². The molecule has 0 saturated carbocycles. The topological polar surface area (TPSA) is 36.9 Å². The van der Waals surface area contributed by atoms with Crippen molar-refractivity contribution >= 4 is 8.56 Å². The maximum absolute atomic E-state index is 6.03. The average molecular weight is 262 g/mol. The molecule has 0 bridgehead atoms. The third-order valence-electron chi connectivity index (χ3n) is 3.34. The Balaban J connectivity index is 2.84. The van der Waals surface area contributed by atoms with Gasteiger partial charge in [0.25, 0.3) is 0 Å². The van der Waals surface area contributed by atoms with Crippen molar-refractivity contribution in [1.82, 2.24) is 0 Å². The van der Waals surface area contributed by atoms with Crippen molar-refractivity contribution < 1.29 is 18.3 Å². The quantitative estimate of drug-likeness (QED) is 0.661. The normalized spacial score (nSPS) is 24.5. The van der Waals surface area contributed by atoms with Crippen LogP contribution in [0.3, 0.4) is 0 Å². The van der Waals surface area contributed by atoms with Crippen molar-refractivity contribution in [1.29, 1.82) is 0 Å². The van der Waals surface area contributed by atoms with Crippen LogP contribution in [0.1, 0.15) is 41.0 Å². The first-order valence-electron chi connectivity index (χ1n) is 6.38. The van der Waals surface area contributed by atoms with Gasteiger partial charge in [0.15, 0.2) is 6.29 Å². The van der Waals surface area contributed by atoms with Crippen LogP contribution in [0.4, 0.5) is 0 Å². The van der Waals surface area contributed by atoms with E-state index in [2.05, 4.69) is 27.7 Å². The van der Waals surface area contributed by atoms with Gasteiger partial charge < -0.3 is 18.3 Å². The SMILES string of the molecule is CCO[Si](OC)(C(C)C)C(C)(C)OC1CCO1. The maximum Gasteiger partial charge on any atom is 0.373 e. The predicted octanol–water partition coefficient (Wildman–Crippen LogP) is 2.60. The lowest BCUT2D eigenvalue weighted by Crippen LogP contribution is -2.64. The molecule has 1 saturated heterocycles. The van der Waals surface area contributed by atoms with E-state index >= 15 is 0 Å². The van der Waals surface area contributed by atoms with Gasteiger partial charge in [0, 0.05) is 20.1 Å². The summed E-state index contributed by atoms with van der Waals surface area (Å²) in [7, 11) is -0.691. The Kier molecular flexibility index (Phi) is 5.16. The minimum Gasteiger partial charge on any atom is -0.396 e. The molecule has 2 unspecified atom stereocenters. The van der Waals surface area contributed by atoms with Gasteiger partial charge in [-0.2, -0.15) is 0 Å². The van der Waals surface area contributed by atoms with Crippen molar-refractivity contribution in [3.8, 4) is 0 Å². The molecule has 0 aromatic rings. The zero-order valence-electron chi connectivity index (χ0n) is 11.9. The second-order valence-electron chi connectivity index (χ2n) is 5.18. The predicted molar refractivity (Wildman–Crippen MR) is 69.0 cm³/mol. The monoisotopic (exact) mass is 262 g/mol. The van der Waals surface area contributed by atoms with Gasteiger partial charge in [-0.05, 0) is 26.3 Å². The molecule has 1 rings (SSSR count). The molecule has 2 atom stereocenters. The molecule has 17 heavy (non-hydrogen) atoms. The van der Waals surface area contributed by atoms with Gasteiger partial charge in [-0.15, -0.1) is 0 Å². The highest BCUT2D eigenvalue weighted by Crippen LogP contribution is 2.37. The summed E-state index contributed by atoms with van der Waals surface area (Å²) < 4.78 is 23.2. The van der Waals surface area contributed by atoms with E-state index in [1.807, 2.05) is 6.92 Å². The lowest BCUT2D eigenvalue weighted by Gasteiger charge is -2.46. The Morgan fingerprint density at radius 3 is 2.29 bits per heavy atom. The van der Waals surface area contributed by atoms with E-state index in [-0.39, 0.29) is 6.29 Å². The standard InChI is InChI=1S/C12H26O4Si/c1-7-15-17(13-6,10(2)3)12(4,5)16-11-8-9-14-11/h10-11H,7-9H2,1-6H3. The Morgan fingerprint density at radius 2 is 2.00 bits per heavy atom. The molecular formula is C12H26O4Si. The van der Waals surface area contributed by atoms with Crippen LogP contribution in [0.5, 0.6) is 0 Å². The van der Waals surface area contributed by atoms with E-state index in [4.69, 9.17) is 18.3 Å². The van der Waals surface area contributed by atoms with Gasteiger partial charge >= 0.3 is 8.56 Å². The summed E-state index contributed by atoms with van der Waals surface area (Å²) in [4.78, 5) is 0. The second kappa shape index (κ2) is 5.80. The van der Waals surface area contributed by atoms with Crippen LogP contribution in [0, 0.1) is 0 Å². The zero-order valence-corrected chi connectivity index (χ0v) is 12.9. The minimum absolute atomic E-state index is 0.0915. The van der Waals surface area contributed by atoms with Crippen molar-refractivity contribution in [2.45, 2.75) is 58.1 Å². The molecule has 1 fully saturated rings. The molecule has 0 spiro atoms. The Bertz CT molecular complexity index is 241. The van der Waals surface area contributed by atoms with Crippen LogP contribution in [0.25, 0.3) is 0 Å². The van der Waals surface area contributed by atoms with Crippen molar-refractivity contribution in [3.05, 3.63) is 0 Å². The van der Waals surface area contributed by atoms with E-state index in [0.29, 0.717) is 12.1 Å². The molecule has 0 aliphatic carbocycles. The first kappa shape index (κ1) is 15.1. The van der Waals surface area contributed by atoms with E-state index in [0.717, 1.165) is 13.0 Å². The number of hydrogen-bond acceptors (Lipinski definition) is 4. The zero-order chi connectivity index (χ0) is 13.1. The molecule has 0 aromatic carbocycles. The van der Waals surface area contributed by atoms with Crippen LogP contribution in [0.15, 0.2) is 0 Å². The Labute approximate surface area is 106 Å². The smallest absolute Gasteiger partial charge is 0.373 e. The highest BCUT2D eigenvalue weighted by Gasteiger charge is 2.56. The summed E-state index contributed by atoms with van der Waals surface area (Å²) in [5, 5.41) is -0.420. The van der Waals surface area contributed by atoms with Crippen LogP contribution >= 0.6 is 0 Å². The summed E-state index contributed by atoms with van der Waals surface area (Å²) in [6, 6.07) is 0. The molecule has 1 heterocycles. The highest BCUT2D eigenvalue weighted by atomic mass is 28.4. The maximum atomic E-state index is 6.03. The highest BCUT2D eigenvalue weighted by molar-refractivity contribution is 6.71. The Morgan fingerprint density at radius 1 is 1.41 bits per heavy atom. The van der Waals surface area contributed by atoms with Gasteiger partial charge in [-0.25, -0.2) is 0 Å². The fraction of sp³-hybridized carbons (Fsp3) is 1.00. The summed E-state index contributed by atoms with van der Waals surface area (Å²) in [6.07, 6.45) is 0.869. The molecule has 102 valence electrons. The number of rotatable bonds is 7. The second-order valence-corrected chi connectivity index (χ2v) is 9.57. The van der Waals surface area contributed by atoms with Crippen LogP contribution in [0.2, 0.25) is 5.54 Å². The van der Waals surface area contributed by atoms with Crippen LogP contribution in [-0.4, -0.2) is 40.4 Å². The summed E-state index contributed by atoms with van der Waals surface area (Å²) in [6.45, 7) is 11.8. The van der Waals surface area contributed by atoms with E-state index in [9.17, 15) is 0 Å². The lowest BCUT2D eigenvalue weighted by atomic mass is 10.3.